The number of carbonyl (C=O) groups is 1. The molecule has 3 aromatic carbocycles. The number of benzene rings is 3. The molecule has 208 valence electrons. The minimum atomic E-state index is -0.519. The van der Waals surface area contributed by atoms with E-state index in [0.717, 1.165) is 31.2 Å². The van der Waals surface area contributed by atoms with Crippen LogP contribution in [0.25, 0.3) is 0 Å². The van der Waals surface area contributed by atoms with Crippen LogP contribution in [0.3, 0.4) is 0 Å². The first kappa shape index (κ1) is 28.4. The Labute approximate surface area is 234 Å². The smallest absolute Gasteiger partial charge is 0.343 e. The maximum Gasteiger partial charge on any atom is 0.343 e. The molecule has 1 aliphatic rings. The molecule has 8 heteroatoms. The monoisotopic (exact) mass is 542 g/mol. The van der Waals surface area contributed by atoms with Gasteiger partial charge in [-0.25, -0.2) is 4.79 Å². The van der Waals surface area contributed by atoms with Gasteiger partial charge in [0.2, 0.25) is 5.88 Å². The average Bonchev–Trinajstić information content (AvgIpc) is 2.97. The van der Waals surface area contributed by atoms with Crippen molar-refractivity contribution in [2.75, 3.05) is 20.3 Å². The van der Waals surface area contributed by atoms with Crippen LogP contribution in [0, 0.1) is 11.3 Å². The second-order valence-electron chi connectivity index (χ2n) is 9.35. The van der Waals surface area contributed by atoms with E-state index in [1.165, 1.54) is 0 Å². The maximum absolute atomic E-state index is 12.8. The van der Waals surface area contributed by atoms with Crippen LogP contribution in [0.15, 0.2) is 72.1 Å². The summed E-state index contributed by atoms with van der Waals surface area (Å²) in [4.78, 5) is 12.8. The van der Waals surface area contributed by atoms with Crippen LogP contribution < -0.4 is 29.4 Å². The number of allylic oxidation sites excluding steroid dienone is 1. The third-order valence-electron chi connectivity index (χ3n) is 6.49. The predicted molar refractivity (Wildman–Crippen MR) is 151 cm³/mol. The van der Waals surface area contributed by atoms with Crippen LogP contribution in [-0.2, 0) is 0 Å². The highest BCUT2D eigenvalue weighted by atomic mass is 16.5. The zero-order valence-corrected chi connectivity index (χ0v) is 23.1. The van der Waals surface area contributed by atoms with Gasteiger partial charge in [0.05, 0.1) is 31.8 Å². The molecule has 3 aromatic rings. The fourth-order valence-electron chi connectivity index (χ4n) is 4.43. The van der Waals surface area contributed by atoms with Gasteiger partial charge in [0, 0.05) is 11.6 Å². The summed E-state index contributed by atoms with van der Waals surface area (Å²) in [7, 11) is 1.58. The molecule has 1 heterocycles. The lowest BCUT2D eigenvalue weighted by atomic mass is 9.83. The van der Waals surface area contributed by atoms with E-state index in [1.807, 2.05) is 25.1 Å². The van der Waals surface area contributed by atoms with Gasteiger partial charge in [-0.3, -0.25) is 0 Å². The third kappa shape index (κ3) is 6.49. The largest absolute Gasteiger partial charge is 0.494 e. The standard InChI is InChI=1S/C32H34N2O6/c1-4-6-7-17-38-27-15-10-22(18-29(27)36-3)30-25-14-13-24(19-28(25)40-31(34)26(30)20-33)39-32(35)21-8-11-23(12-9-21)37-16-5-2/h8-15,18-19,30H,4-7,16-17,34H2,1-3H3. The lowest BCUT2D eigenvalue weighted by Crippen LogP contribution is -2.21. The van der Waals surface area contributed by atoms with E-state index in [1.54, 1.807) is 49.6 Å². The number of esters is 1. The number of hydrogen-bond donors (Lipinski definition) is 1. The number of ether oxygens (including phenoxy) is 5. The van der Waals surface area contributed by atoms with Crippen molar-refractivity contribution in [3.63, 3.8) is 0 Å². The van der Waals surface area contributed by atoms with E-state index in [0.29, 0.717) is 47.3 Å². The Morgan fingerprint density at radius 2 is 1.70 bits per heavy atom. The van der Waals surface area contributed by atoms with Crippen molar-refractivity contribution in [3.8, 4) is 34.8 Å². The van der Waals surface area contributed by atoms with Crippen molar-refractivity contribution in [3.05, 3.63) is 88.8 Å². The second-order valence-corrected chi connectivity index (χ2v) is 9.35. The molecule has 0 spiro atoms. The number of unbranched alkanes of at least 4 members (excludes halogenated alkanes) is 2. The molecule has 0 amide bonds. The van der Waals surface area contributed by atoms with E-state index in [-0.39, 0.29) is 17.2 Å². The molecule has 40 heavy (non-hydrogen) atoms. The van der Waals surface area contributed by atoms with Gasteiger partial charge in [-0.05, 0) is 60.9 Å². The number of nitriles is 1. The number of carbonyl (C=O) groups excluding carboxylic acids is 1. The van der Waals surface area contributed by atoms with E-state index < -0.39 is 11.9 Å². The Hall–Kier alpha value is -4.64. The summed E-state index contributed by atoms with van der Waals surface area (Å²) in [5, 5.41) is 9.93. The quantitative estimate of drug-likeness (QED) is 0.157. The number of nitrogens with two attached hydrogens (primary N) is 1. The minimum Gasteiger partial charge on any atom is -0.494 e. The molecule has 2 N–H and O–H groups in total. The number of hydrogen-bond acceptors (Lipinski definition) is 8. The maximum atomic E-state index is 12.8. The van der Waals surface area contributed by atoms with E-state index in [4.69, 9.17) is 29.4 Å². The van der Waals surface area contributed by atoms with Crippen LogP contribution >= 0.6 is 0 Å². The normalized spacial score (nSPS) is 14.0. The molecule has 0 bridgehead atoms. The van der Waals surface area contributed by atoms with Crippen molar-refractivity contribution in [1.82, 2.24) is 0 Å². The van der Waals surface area contributed by atoms with E-state index in [2.05, 4.69) is 13.0 Å². The first-order valence-electron chi connectivity index (χ1n) is 13.5. The van der Waals surface area contributed by atoms with Gasteiger partial charge in [0.25, 0.3) is 0 Å². The van der Waals surface area contributed by atoms with E-state index in [9.17, 15) is 10.1 Å². The van der Waals surface area contributed by atoms with Gasteiger partial charge < -0.3 is 29.4 Å². The third-order valence-corrected chi connectivity index (χ3v) is 6.49. The molecular formula is C32H34N2O6. The summed E-state index contributed by atoms with van der Waals surface area (Å²) < 4.78 is 28.5. The Balaban J connectivity index is 1.57. The molecule has 8 nitrogen and oxygen atoms in total. The molecule has 4 rings (SSSR count). The Kier molecular flexibility index (Phi) is 9.53. The molecular weight excluding hydrogens is 508 g/mol. The fourth-order valence-corrected chi connectivity index (χ4v) is 4.43. The number of nitrogens with zero attached hydrogens (tertiary/aromatic N) is 1. The summed E-state index contributed by atoms with van der Waals surface area (Å²) in [6, 6.07) is 19.6. The molecule has 0 saturated heterocycles. The van der Waals surface area contributed by atoms with Crippen LogP contribution in [0.1, 0.15) is 66.9 Å². The topological polar surface area (TPSA) is 113 Å². The second kappa shape index (κ2) is 13.4. The summed E-state index contributed by atoms with van der Waals surface area (Å²) in [6.07, 6.45) is 4.05. The molecule has 0 fully saturated rings. The van der Waals surface area contributed by atoms with Gasteiger partial charge >= 0.3 is 5.97 Å². The number of rotatable bonds is 12. The van der Waals surface area contributed by atoms with Crippen molar-refractivity contribution < 1.29 is 28.5 Å². The molecule has 1 unspecified atom stereocenters. The molecule has 0 aliphatic carbocycles. The number of fused-ring (bicyclic) bond motifs is 1. The zero-order valence-electron chi connectivity index (χ0n) is 23.1. The fraction of sp³-hybridized carbons (Fsp3) is 0.312. The Bertz CT molecular complexity index is 1410. The van der Waals surface area contributed by atoms with Gasteiger partial charge in [0.15, 0.2) is 11.5 Å². The minimum absolute atomic E-state index is 0.00926. The van der Waals surface area contributed by atoms with Crippen molar-refractivity contribution in [2.45, 2.75) is 45.4 Å². The summed E-state index contributed by atoms with van der Waals surface area (Å²) in [5.41, 5.74) is 8.34. The van der Waals surface area contributed by atoms with Gasteiger partial charge in [0.1, 0.15) is 28.9 Å². The predicted octanol–water partition coefficient (Wildman–Crippen LogP) is 6.49. The first-order valence-corrected chi connectivity index (χ1v) is 13.5. The molecule has 0 radical (unpaired) electrons. The first-order chi connectivity index (χ1) is 19.5. The summed E-state index contributed by atoms with van der Waals surface area (Å²) in [6.45, 7) is 5.37. The molecule has 0 aromatic heterocycles. The van der Waals surface area contributed by atoms with Gasteiger partial charge in [-0.1, -0.05) is 38.8 Å². The summed E-state index contributed by atoms with van der Waals surface area (Å²) in [5.74, 6) is 1.54. The highest BCUT2D eigenvalue weighted by molar-refractivity contribution is 5.91. The van der Waals surface area contributed by atoms with Crippen LogP contribution in [0.2, 0.25) is 0 Å². The highest BCUT2D eigenvalue weighted by Crippen LogP contribution is 2.45. The lowest BCUT2D eigenvalue weighted by Gasteiger charge is -2.27. The molecule has 1 aliphatic heterocycles. The van der Waals surface area contributed by atoms with Crippen LogP contribution in [0.5, 0.6) is 28.7 Å². The summed E-state index contributed by atoms with van der Waals surface area (Å²) >= 11 is 0. The van der Waals surface area contributed by atoms with Crippen molar-refractivity contribution in [2.24, 2.45) is 5.73 Å². The van der Waals surface area contributed by atoms with Gasteiger partial charge in [-0.15, -0.1) is 0 Å². The van der Waals surface area contributed by atoms with Gasteiger partial charge in [-0.2, -0.15) is 5.26 Å². The SMILES string of the molecule is CCCCCOc1ccc(C2C(C#N)=C(N)Oc3cc(OC(=O)c4ccc(OCCC)cc4)ccc32)cc1OC. The van der Waals surface area contributed by atoms with Crippen LogP contribution in [-0.4, -0.2) is 26.3 Å². The van der Waals surface area contributed by atoms with Crippen molar-refractivity contribution >= 4 is 5.97 Å². The highest BCUT2D eigenvalue weighted by Gasteiger charge is 2.32. The Morgan fingerprint density at radius 3 is 2.40 bits per heavy atom. The average molecular weight is 543 g/mol. The number of methoxy groups -OCH3 is 1. The molecule has 0 saturated carbocycles. The van der Waals surface area contributed by atoms with Crippen LogP contribution in [0.4, 0.5) is 0 Å². The van der Waals surface area contributed by atoms with Crippen molar-refractivity contribution in [1.29, 1.82) is 5.26 Å². The zero-order chi connectivity index (χ0) is 28.5. The van der Waals surface area contributed by atoms with E-state index >= 15 is 0 Å². The lowest BCUT2D eigenvalue weighted by molar-refractivity contribution is 0.0734. The molecule has 1 atom stereocenters. The Morgan fingerprint density at radius 1 is 0.925 bits per heavy atom.